The minimum Gasteiger partial charge on any atom is -0.466 e. The number of halogens is 3. The molecular formula is C23H18F3N5O4. The first-order chi connectivity index (χ1) is 16.5. The summed E-state index contributed by atoms with van der Waals surface area (Å²) in [4.78, 5) is 38.8. The number of rotatable bonds is 4. The number of anilines is 1. The van der Waals surface area contributed by atoms with Crippen molar-refractivity contribution >= 4 is 29.9 Å². The second-order valence-electron chi connectivity index (χ2n) is 7.38. The largest absolute Gasteiger partial charge is 0.466 e. The number of carbonyl (C=O) groups is 3. The van der Waals surface area contributed by atoms with Gasteiger partial charge in [-0.05, 0) is 42.8 Å². The number of ether oxygens (including phenoxy) is 1. The van der Waals surface area contributed by atoms with Crippen LogP contribution in [0.25, 0.3) is 0 Å². The van der Waals surface area contributed by atoms with Crippen molar-refractivity contribution in [1.82, 2.24) is 4.90 Å². The predicted octanol–water partition coefficient (Wildman–Crippen LogP) is 3.71. The normalized spacial score (nSPS) is 16.1. The molecule has 2 amide bonds. The SMILES string of the molecule is COC(=O)C1=C(C)N(c2cccc(C(F)(F)F)c2)C(=N)N(C(N)=O)C1c1ccc(C#N)cc1C=O. The minimum absolute atomic E-state index is 0.0233. The van der Waals surface area contributed by atoms with Gasteiger partial charge in [0, 0.05) is 16.9 Å². The molecule has 9 nitrogen and oxygen atoms in total. The summed E-state index contributed by atoms with van der Waals surface area (Å²) in [5, 5.41) is 17.8. The maximum absolute atomic E-state index is 13.3. The Bertz CT molecular complexity index is 1310. The number of nitrogens with two attached hydrogens (primary N) is 1. The van der Waals surface area contributed by atoms with Crippen LogP contribution in [-0.4, -0.2) is 36.3 Å². The number of amides is 2. The third kappa shape index (κ3) is 4.43. The quantitative estimate of drug-likeness (QED) is 0.500. The lowest BCUT2D eigenvalue weighted by Crippen LogP contribution is -2.55. The zero-order valence-corrected chi connectivity index (χ0v) is 18.4. The van der Waals surface area contributed by atoms with E-state index in [2.05, 4.69) is 0 Å². The summed E-state index contributed by atoms with van der Waals surface area (Å²) in [6.07, 6.45) is -4.29. The number of nitrogens with one attached hydrogen (secondary N) is 1. The van der Waals surface area contributed by atoms with E-state index < -0.39 is 35.7 Å². The number of alkyl halides is 3. The highest BCUT2D eigenvalue weighted by Crippen LogP contribution is 2.41. The van der Waals surface area contributed by atoms with Crippen molar-refractivity contribution in [1.29, 1.82) is 10.7 Å². The number of guanidine groups is 1. The Balaban J connectivity index is 2.35. The molecule has 0 saturated carbocycles. The van der Waals surface area contributed by atoms with E-state index in [1.165, 1.54) is 31.2 Å². The fourth-order valence-electron chi connectivity index (χ4n) is 3.86. The summed E-state index contributed by atoms with van der Waals surface area (Å²) in [6, 6.07) is 7.08. The van der Waals surface area contributed by atoms with E-state index >= 15 is 0 Å². The number of benzene rings is 2. The Morgan fingerprint density at radius 3 is 2.46 bits per heavy atom. The van der Waals surface area contributed by atoms with Gasteiger partial charge in [0.15, 0.2) is 0 Å². The average Bonchev–Trinajstić information content (AvgIpc) is 2.82. The number of carbonyl (C=O) groups excluding carboxylic acids is 3. The fourth-order valence-corrected chi connectivity index (χ4v) is 3.86. The van der Waals surface area contributed by atoms with Gasteiger partial charge in [-0.15, -0.1) is 0 Å². The number of nitrogens with zero attached hydrogens (tertiary/aromatic N) is 3. The summed E-state index contributed by atoms with van der Waals surface area (Å²) in [7, 11) is 1.06. The number of hydrogen-bond acceptors (Lipinski definition) is 6. The van der Waals surface area contributed by atoms with Crippen LogP contribution in [-0.2, 0) is 15.7 Å². The van der Waals surface area contributed by atoms with Crippen LogP contribution in [0.3, 0.4) is 0 Å². The lowest BCUT2D eigenvalue weighted by atomic mass is 9.89. The molecule has 1 aliphatic rings. The molecule has 0 spiro atoms. The first-order valence-corrected chi connectivity index (χ1v) is 9.89. The van der Waals surface area contributed by atoms with Gasteiger partial charge in [0.2, 0.25) is 5.96 Å². The second kappa shape index (κ2) is 9.30. The van der Waals surface area contributed by atoms with Gasteiger partial charge in [0.05, 0.1) is 29.9 Å². The molecule has 3 rings (SSSR count). The van der Waals surface area contributed by atoms with Crippen LogP contribution in [0.2, 0.25) is 0 Å². The van der Waals surface area contributed by atoms with Crippen LogP contribution >= 0.6 is 0 Å². The van der Waals surface area contributed by atoms with Crippen molar-refractivity contribution in [2.45, 2.75) is 19.1 Å². The van der Waals surface area contributed by atoms with E-state index in [1.54, 1.807) is 0 Å². The summed E-state index contributed by atoms with van der Waals surface area (Å²) >= 11 is 0. The summed E-state index contributed by atoms with van der Waals surface area (Å²) in [5.41, 5.74) is 4.23. The molecule has 2 aromatic rings. The van der Waals surface area contributed by atoms with Gasteiger partial charge in [-0.1, -0.05) is 12.1 Å². The van der Waals surface area contributed by atoms with Crippen LogP contribution < -0.4 is 10.6 Å². The van der Waals surface area contributed by atoms with Gasteiger partial charge < -0.3 is 10.5 Å². The standard InChI is InChI=1S/C23H18F3N5O4/c1-12-18(20(33)35-2)19(17-7-6-13(10-27)8-14(17)11-32)31(22(29)34)21(28)30(12)16-5-3-4-15(9-16)23(24,25)26/h3-9,11,19,28H,1-2H3,(H2,29,34). The molecular weight excluding hydrogens is 467 g/mol. The number of methoxy groups -OCH3 is 1. The van der Waals surface area contributed by atoms with Crippen molar-refractivity contribution in [2.75, 3.05) is 12.0 Å². The van der Waals surface area contributed by atoms with E-state index in [0.717, 1.165) is 30.2 Å². The van der Waals surface area contributed by atoms with E-state index in [9.17, 15) is 27.6 Å². The average molecular weight is 485 g/mol. The van der Waals surface area contributed by atoms with Gasteiger partial charge in [-0.25, -0.2) is 9.59 Å². The number of urea groups is 1. The van der Waals surface area contributed by atoms with Crippen LogP contribution in [0.4, 0.5) is 23.7 Å². The first kappa shape index (κ1) is 25.0. The van der Waals surface area contributed by atoms with Crippen LogP contribution in [0.15, 0.2) is 53.7 Å². The second-order valence-corrected chi connectivity index (χ2v) is 7.38. The molecule has 0 saturated heterocycles. The summed E-state index contributed by atoms with van der Waals surface area (Å²) in [6.45, 7) is 1.36. The zero-order chi connectivity index (χ0) is 26.1. The number of allylic oxidation sites excluding steroid dienone is 1. The monoisotopic (exact) mass is 485 g/mol. The number of aldehydes is 1. The molecule has 0 aromatic heterocycles. The van der Waals surface area contributed by atoms with E-state index in [1.807, 2.05) is 6.07 Å². The highest BCUT2D eigenvalue weighted by atomic mass is 19.4. The van der Waals surface area contributed by atoms with Crippen molar-refractivity contribution in [3.63, 3.8) is 0 Å². The lowest BCUT2D eigenvalue weighted by Gasteiger charge is -2.43. The van der Waals surface area contributed by atoms with E-state index in [-0.39, 0.29) is 33.6 Å². The topological polar surface area (TPSA) is 141 Å². The van der Waals surface area contributed by atoms with Gasteiger partial charge in [0.1, 0.15) is 12.3 Å². The summed E-state index contributed by atoms with van der Waals surface area (Å²) in [5.74, 6) is -1.63. The molecule has 180 valence electrons. The lowest BCUT2D eigenvalue weighted by molar-refractivity contribution is -0.138. The van der Waals surface area contributed by atoms with E-state index in [4.69, 9.17) is 21.1 Å². The minimum atomic E-state index is -4.69. The highest BCUT2D eigenvalue weighted by Gasteiger charge is 2.44. The van der Waals surface area contributed by atoms with Crippen LogP contribution in [0, 0.1) is 16.7 Å². The Morgan fingerprint density at radius 1 is 1.23 bits per heavy atom. The molecule has 35 heavy (non-hydrogen) atoms. The number of nitriles is 1. The van der Waals surface area contributed by atoms with Gasteiger partial charge in [-0.2, -0.15) is 18.4 Å². The molecule has 0 radical (unpaired) electrons. The molecule has 1 unspecified atom stereocenters. The molecule has 12 heteroatoms. The van der Waals surface area contributed by atoms with Crippen molar-refractivity contribution in [3.8, 4) is 6.07 Å². The van der Waals surface area contributed by atoms with Gasteiger partial charge >= 0.3 is 18.2 Å². The Labute approximate surface area is 197 Å². The zero-order valence-electron chi connectivity index (χ0n) is 18.4. The maximum Gasteiger partial charge on any atom is 0.416 e. The smallest absolute Gasteiger partial charge is 0.416 e. The molecule has 0 bridgehead atoms. The molecule has 1 aliphatic heterocycles. The molecule has 1 heterocycles. The van der Waals surface area contributed by atoms with Crippen LogP contribution in [0.1, 0.15) is 40.0 Å². The predicted molar refractivity (Wildman–Crippen MR) is 117 cm³/mol. The van der Waals surface area contributed by atoms with Crippen LogP contribution in [0.5, 0.6) is 0 Å². The molecule has 2 aromatic carbocycles. The van der Waals surface area contributed by atoms with Crippen molar-refractivity contribution < 1.29 is 32.3 Å². The molecule has 3 N–H and O–H groups in total. The molecule has 0 fully saturated rings. The molecule has 0 aliphatic carbocycles. The van der Waals surface area contributed by atoms with Gasteiger partial charge in [-0.3, -0.25) is 20.0 Å². The summed E-state index contributed by atoms with van der Waals surface area (Å²) < 4.78 is 44.8. The van der Waals surface area contributed by atoms with Gasteiger partial charge in [0.25, 0.3) is 0 Å². The third-order valence-electron chi connectivity index (χ3n) is 5.41. The number of hydrogen-bond donors (Lipinski definition) is 2. The van der Waals surface area contributed by atoms with E-state index in [0.29, 0.717) is 11.2 Å². The number of primary amides is 1. The Morgan fingerprint density at radius 2 is 1.91 bits per heavy atom. The Kier molecular flexibility index (Phi) is 6.63. The Hall–Kier alpha value is -4.66. The third-order valence-corrected chi connectivity index (χ3v) is 5.41. The highest BCUT2D eigenvalue weighted by molar-refractivity contribution is 6.10. The van der Waals surface area contributed by atoms with Crippen molar-refractivity contribution in [3.05, 3.63) is 76.0 Å². The maximum atomic E-state index is 13.3. The number of esters is 1. The van der Waals surface area contributed by atoms with Crippen molar-refractivity contribution in [2.24, 2.45) is 5.73 Å². The molecule has 1 atom stereocenters. The fraction of sp³-hybridized carbons (Fsp3) is 0.174. The first-order valence-electron chi connectivity index (χ1n) is 9.89.